The van der Waals surface area contributed by atoms with Crippen LogP contribution in [0.1, 0.15) is 53.4 Å². The second kappa shape index (κ2) is 12.6. The molecule has 0 fully saturated rings. The van der Waals surface area contributed by atoms with Gasteiger partial charge in [-0.15, -0.1) is 0 Å². The van der Waals surface area contributed by atoms with Gasteiger partial charge in [-0.05, 0) is 51.4 Å². The van der Waals surface area contributed by atoms with E-state index in [1.807, 2.05) is 13.8 Å². The average Bonchev–Trinajstić information content (AvgIpc) is 2.37. The summed E-state index contributed by atoms with van der Waals surface area (Å²) in [5.74, 6) is 0.962. The quantitative estimate of drug-likeness (QED) is 0.512. The SMILES string of the molecule is CC(O)CCC(C)COCCOCC(C)CCC(C)O. The van der Waals surface area contributed by atoms with E-state index in [2.05, 4.69) is 13.8 Å². The van der Waals surface area contributed by atoms with E-state index in [1.54, 1.807) is 0 Å². The molecule has 0 aromatic heterocycles. The van der Waals surface area contributed by atoms with Crippen molar-refractivity contribution in [2.24, 2.45) is 11.8 Å². The van der Waals surface area contributed by atoms with Gasteiger partial charge in [0.05, 0.1) is 25.4 Å². The molecule has 0 radical (unpaired) electrons. The van der Waals surface area contributed by atoms with Gasteiger partial charge < -0.3 is 19.7 Å². The summed E-state index contributed by atoms with van der Waals surface area (Å²) in [7, 11) is 0. The predicted octanol–water partition coefficient (Wildman–Crippen LogP) is 2.61. The third-order valence-electron chi connectivity index (χ3n) is 3.33. The molecule has 0 rings (SSSR count). The van der Waals surface area contributed by atoms with Crippen LogP contribution < -0.4 is 0 Å². The Kier molecular flexibility index (Phi) is 12.5. The van der Waals surface area contributed by atoms with Crippen LogP contribution in [0.4, 0.5) is 0 Å². The van der Waals surface area contributed by atoms with Crippen LogP contribution in [0.2, 0.25) is 0 Å². The molecular weight excluding hydrogens is 256 g/mol. The zero-order chi connectivity index (χ0) is 15.4. The summed E-state index contributed by atoms with van der Waals surface area (Å²) in [4.78, 5) is 0. The molecule has 0 heterocycles. The topological polar surface area (TPSA) is 58.9 Å². The van der Waals surface area contributed by atoms with Crippen molar-refractivity contribution < 1.29 is 19.7 Å². The molecule has 0 aliphatic carbocycles. The fraction of sp³-hybridized carbons (Fsp3) is 1.00. The zero-order valence-corrected chi connectivity index (χ0v) is 13.7. The highest BCUT2D eigenvalue weighted by atomic mass is 16.5. The Labute approximate surface area is 124 Å². The molecule has 0 aromatic rings. The third kappa shape index (κ3) is 14.3. The maximum atomic E-state index is 9.20. The highest BCUT2D eigenvalue weighted by molar-refractivity contribution is 4.56. The van der Waals surface area contributed by atoms with E-state index in [1.165, 1.54) is 0 Å². The van der Waals surface area contributed by atoms with Crippen LogP contribution in [-0.4, -0.2) is 48.8 Å². The van der Waals surface area contributed by atoms with Crippen molar-refractivity contribution in [2.75, 3.05) is 26.4 Å². The first-order chi connectivity index (χ1) is 9.41. The first kappa shape index (κ1) is 19.8. The van der Waals surface area contributed by atoms with Crippen LogP contribution in [0.3, 0.4) is 0 Å². The van der Waals surface area contributed by atoms with Crippen molar-refractivity contribution in [3.63, 3.8) is 0 Å². The molecule has 0 aliphatic heterocycles. The van der Waals surface area contributed by atoms with Gasteiger partial charge in [-0.25, -0.2) is 0 Å². The van der Waals surface area contributed by atoms with Gasteiger partial charge in [0.2, 0.25) is 0 Å². The molecule has 20 heavy (non-hydrogen) atoms. The minimum atomic E-state index is -0.219. The van der Waals surface area contributed by atoms with Gasteiger partial charge in [-0.2, -0.15) is 0 Å². The smallest absolute Gasteiger partial charge is 0.0700 e. The van der Waals surface area contributed by atoms with Crippen molar-refractivity contribution in [1.29, 1.82) is 0 Å². The van der Waals surface area contributed by atoms with Gasteiger partial charge in [0.1, 0.15) is 0 Å². The summed E-state index contributed by atoms with van der Waals surface area (Å²) in [6.45, 7) is 10.6. The molecule has 0 aromatic carbocycles. The van der Waals surface area contributed by atoms with E-state index < -0.39 is 0 Å². The maximum absolute atomic E-state index is 9.20. The Morgan fingerprint density at radius 1 is 0.650 bits per heavy atom. The first-order valence-electron chi connectivity index (χ1n) is 7.93. The minimum absolute atomic E-state index is 0.219. The van der Waals surface area contributed by atoms with Crippen LogP contribution in [0.5, 0.6) is 0 Å². The van der Waals surface area contributed by atoms with Crippen LogP contribution in [0.25, 0.3) is 0 Å². The number of aliphatic hydroxyl groups is 2. The molecule has 0 amide bonds. The van der Waals surface area contributed by atoms with Gasteiger partial charge in [0.25, 0.3) is 0 Å². The summed E-state index contributed by atoms with van der Waals surface area (Å²) in [6.07, 6.45) is 3.22. The Hall–Kier alpha value is -0.160. The monoisotopic (exact) mass is 290 g/mol. The number of hydrogen-bond donors (Lipinski definition) is 2. The van der Waals surface area contributed by atoms with Crippen molar-refractivity contribution in [3.05, 3.63) is 0 Å². The largest absolute Gasteiger partial charge is 0.393 e. The minimum Gasteiger partial charge on any atom is -0.393 e. The lowest BCUT2D eigenvalue weighted by Crippen LogP contribution is -2.15. The second-order valence-corrected chi connectivity index (χ2v) is 6.21. The zero-order valence-electron chi connectivity index (χ0n) is 13.7. The maximum Gasteiger partial charge on any atom is 0.0700 e. The van der Waals surface area contributed by atoms with E-state index in [0.29, 0.717) is 25.0 Å². The third-order valence-corrected chi connectivity index (χ3v) is 3.33. The molecular formula is C16H34O4. The van der Waals surface area contributed by atoms with Crippen LogP contribution >= 0.6 is 0 Å². The molecule has 0 saturated heterocycles. The van der Waals surface area contributed by atoms with Crippen molar-refractivity contribution in [2.45, 2.75) is 65.6 Å². The van der Waals surface area contributed by atoms with Gasteiger partial charge in [-0.1, -0.05) is 13.8 Å². The van der Waals surface area contributed by atoms with Crippen molar-refractivity contribution in [3.8, 4) is 0 Å². The fourth-order valence-electron chi connectivity index (χ4n) is 1.90. The van der Waals surface area contributed by atoms with E-state index in [4.69, 9.17) is 9.47 Å². The molecule has 4 unspecified atom stereocenters. The number of aliphatic hydroxyl groups excluding tert-OH is 2. The molecule has 0 aliphatic rings. The normalized spacial score (nSPS) is 17.7. The number of ether oxygens (including phenoxy) is 2. The Morgan fingerprint density at radius 3 is 1.30 bits per heavy atom. The van der Waals surface area contributed by atoms with Gasteiger partial charge in [-0.3, -0.25) is 0 Å². The summed E-state index contributed by atoms with van der Waals surface area (Å²) in [5.41, 5.74) is 0. The van der Waals surface area contributed by atoms with Crippen molar-refractivity contribution in [1.82, 2.24) is 0 Å². The molecule has 0 saturated carbocycles. The molecule has 4 nitrogen and oxygen atoms in total. The molecule has 0 spiro atoms. The average molecular weight is 290 g/mol. The van der Waals surface area contributed by atoms with Gasteiger partial charge in [0, 0.05) is 13.2 Å². The highest BCUT2D eigenvalue weighted by Crippen LogP contribution is 2.09. The Bertz CT molecular complexity index is 185. The molecule has 0 bridgehead atoms. The number of rotatable bonds is 13. The van der Waals surface area contributed by atoms with Crippen LogP contribution in [0, 0.1) is 11.8 Å². The predicted molar refractivity (Wildman–Crippen MR) is 81.8 cm³/mol. The van der Waals surface area contributed by atoms with Crippen LogP contribution in [0.15, 0.2) is 0 Å². The van der Waals surface area contributed by atoms with E-state index in [9.17, 15) is 10.2 Å². The second-order valence-electron chi connectivity index (χ2n) is 6.21. The molecule has 122 valence electrons. The van der Waals surface area contributed by atoms with E-state index in [-0.39, 0.29) is 12.2 Å². The van der Waals surface area contributed by atoms with Crippen molar-refractivity contribution >= 4 is 0 Å². The lowest BCUT2D eigenvalue weighted by atomic mass is 10.0. The molecule has 4 heteroatoms. The van der Waals surface area contributed by atoms with E-state index in [0.717, 1.165) is 38.9 Å². The summed E-state index contributed by atoms with van der Waals surface area (Å²) in [6, 6.07) is 0. The van der Waals surface area contributed by atoms with Gasteiger partial charge >= 0.3 is 0 Å². The summed E-state index contributed by atoms with van der Waals surface area (Å²) < 4.78 is 11.1. The Balaban J connectivity index is 3.31. The fourth-order valence-corrected chi connectivity index (χ4v) is 1.90. The molecule has 2 N–H and O–H groups in total. The van der Waals surface area contributed by atoms with Crippen LogP contribution in [-0.2, 0) is 9.47 Å². The standard InChI is InChI=1S/C16H34O4/c1-13(5-7-15(3)17)11-19-9-10-20-12-14(2)6-8-16(4)18/h13-18H,5-12H2,1-4H3. The van der Waals surface area contributed by atoms with E-state index >= 15 is 0 Å². The van der Waals surface area contributed by atoms with Gasteiger partial charge in [0.15, 0.2) is 0 Å². The number of hydrogen-bond acceptors (Lipinski definition) is 4. The summed E-state index contributed by atoms with van der Waals surface area (Å²) >= 11 is 0. The lowest BCUT2D eigenvalue weighted by molar-refractivity contribution is 0.0209. The lowest BCUT2D eigenvalue weighted by Gasteiger charge is -2.15. The summed E-state index contributed by atoms with van der Waals surface area (Å²) in [5, 5.41) is 18.4. The Morgan fingerprint density at radius 2 is 1.00 bits per heavy atom. The first-order valence-corrected chi connectivity index (χ1v) is 7.93. The molecule has 4 atom stereocenters. The highest BCUT2D eigenvalue weighted by Gasteiger charge is 2.06.